The van der Waals surface area contributed by atoms with Crippen LogP contribution < -0.4 is 5.73 Å². The van der Waals surface area contributed by atoms with Crippen molar-refractivity contribution in [3.8, 4) is 0 Å². The van der Waals surface area contributed by atoms with Gasteiger partial charge in [0.1, 0.15) is 11.6 Å². The number of nitrogens with two attached hydrogens (primary N) is 1. The molecule has 8 heteroatoms. The smallest absolute Gasteiger partial charge is 0.302 e. The average Bonchev–Trinajstić information content (AvgIpc) is 2.69. The summed E-state index contributed by atoms with van der Waals surface area (Å²) in [5, 5.41) is 0. The quantitative estimate of drug-likeness (QED) is 0.666. The third-order valence-electron chi connectivity index (χ3n) is 3.22. The highest BCUT2D eigenvalue weighted by atomic mass is 32.1. The van der Waals surface area contributed by atoms with Crippen molar-refractivity contribution >= 4 is 35.3 Å². The molecule has 0 aromatic carbocycles. The number of nitrogens with zero attached hydrogens (tertiary/aromatic N) is 3. The van der Waals surface area contributed by atoms with Crippen molar-refractivity contribution in [1.29, 1.82) is 0 Å². The maximum atomic E-state index is 10.8. The van der Waals surface area contributed by atoms with Crippen molar-refractivity contribution in [3.63, 3.8) is 0 Å². The molecule has 0 radical (unpaired) electrons. The lowest BCUT2D eigenvalue weighted by molar-refractivity contribution is -0.140. The van der Waals surface area contributed by atoms with E-state index in [2.05, 4.69) is 9.97 Å². The van der Waals surface area contributed by atoms with Gasteiger partial charge < -0.3 is 15.0 Å². The molecule has 0 aliphatic carbocycles. The molecular weight excluding hydrogens is 320 g/mol. The van der Waals surface area contributed by atoms with Crippen molar-refractivity contribution < 1.29 is 9.53 Å². The molecule has 2 aromatic rings. The predicted molar refractivity (Wildman–Crippen MR) is 88.5 cm³/mol. The SMILES string of the molecule is CC(=O)OCCc1sc(=S)n(Cc2cnc(C)nc2N)c1C. The number of carbonyl (C=O) groups excluding carboxylic acids is 1. The molecular formula is C14H18N4O2S2. The predicted octanol–water partition coefficient (Wildman–Crippen LogP) is 2.42. The summed E-state index contributed by atoms with van der Waals surface area (Å²) in [6.45, 7) is 6.11. The van der Waals surface area contributed by atoms with Gasteiger partial charge in [0.2, 0.25) is 0 Å². The Hall–Kier alpha value is -1.80. The molecule has 118 valence electrons. The Morgan fingerprint density at radius 1 is 1.50 bits per heavy atom. The number of ether oxygens (including phenoxy) is 1. The second-order valence-electron chi connectivity index (χ2n) is 4.88. The third kappa shape index (κ3) is 3.89. The molecule has 2 heterocycles. The molecule has 2 aromatic heterocycles. The Bertz CT molecular complexity index is 752. The summed E-state index contributed by atoms with van der Waals surface area (Å²) in [7, 11) is 0. The molecule has 0 fully saturated rings. The number of nitrogen functional groups attached to an aromatic ring is 1. The monoisotopic (exact) mass is 338 g/mol. The van der Waals surface area contributed by atoms with E-state index < -0.39 is 0 Å². The van der Waals surface area contributed by atoms with Gasteiger partial charge >= 0.3 is 5.97 Å². The van der Waals surface area contributed by atoms with Crippen molar-refractivity contribution in [2.75, 3.05) is 12.3 Å². The molecule has 0 aliphatic heterocycles. The molecule has 0 bridgehead atoms. The highest BCUT2D eigenvalue weighted by Crippen LogP contribution is 2.22. The van der Waals surface area contributed by atoms with Gasteiger partial charge in [-0.2, -0.15) is 0 Å². The Morgan fingerprint density at radius 2 is 2.23 bits per heavy atom. The number of hydrogen-bond donors (Lipinski definition) is 1. The van der Waals surface area contributed by atoms with E-state index in [0.29, 0.717) is 31.2 Å². The van der Waals surface area contributed by atoms with E-state index in [-0.39, 0.29) is 5.97 Å². The Labute approximate surface area is 138 Å². The van der Waals surface area contributed by atoms with E-state index in [4.69, 9.17) is 22.7 Å². The van der Waals surface area contributed by atoms with E-state index in [9.17, 15) is 4.79 Å². The maximum absolute atomic E-state index is 10.8. The fraction of sp³-hybridized carbons (Fsp3) is 0.429. The summed E-state index contributed by atoms with van der Waals surface area (Å²) in [4.78, 5) is 20.3. The van der Waals surface area contributed by atoms with Gasteiger partial charge in [-0.25, -0.2) is 9.97 Å². The summed E-state index contributed by atoms with van der Waals surface area (Å²) in [5.41, 5.74) is 7.84. The molecule has 0 atom stereocenters. The molecule has 6 nitrogen and oxygen atoms in total. The lowest BCUT2D eigenvalue weighted by Crippen LogP contribution is -2.09. The number of rotatable bonds is 5. The van der Waals surface area contributed by atoms with Crippen LogP contribution in [0.3, 0.4) is 0 Å². The first-order valence-corrected chi connectivity index (χ1v) is 8.01. The summed E-state index contributed by atoms with van der Waals surface area (Å²) in [6, 6.07) is 0. The zero-order valence-electron chi connectivity index (χ0n) is 12.8. The highest BCUT2D eigenvalue weighted by molar-refractivity contribution is 7.73. The fourth-order valence-electron chi connectivity index (χ4n) is 2.03. The Kier molecular flexibility index (Phi) is 5.25. The minimum atomic E-state index is -0.273. The van der Waals surface area contributed by atoms with Crippen LogP contribution in [0.5, 0.6) is 0 Å². The van der Waals surface area contributed by atoms with Crippen molar-refractivity contribution in [2.24, 2.45) is 0 Å². The first-order valence-electron chi connectivity index (χ1n) is 6.79. The maximum Gasteiger partial charge on any atom is 0.302 e. The molecule has 2 rings (SSSR count). The zero-order chi connectivity index (χ0) is 16.3. The molecule has 0 amide bonds. The average molecular weight is 338 g/mol. The summed E-state index contributed by atoms with van der Waals surface area (Å²) in [5.74, 6) is 0.848. The lowest BCUT2D eigenvalue weighted by atomic mass is 10.2. The third-order valence-corrected chi connectivity index (χ3v) is 4.83. The van der Waals surface area contributed by atoms with Gasteiger partial charge in [-0.3, -0.25) is 4.79 Å². The largest absolute Gasteiger partial charge is 0.465 e. The highest BCUT2D eigenvalue weighted by Gasteiger charge is 2.12. The second-order valence-corrected chi connectivity index (χ2v) is 6.61. The van der Waals surface area contributed by atoms with Crippen LogP contribution in [0.25, 0.3) is 0 Å². The standard InChI is InChI=1S/C14H18N4O2S2/c1-8-12(4-5-20-10(3)19)22-14(21)18(8)7-11-6-16-9(2)17-13(11)15/h6H,4-5,7H2,1-3H3,(H2,15,16,17). The van der Waals surface area contributed by atoms with Gasteiger partial charge in [-0.05, 0) is 26.1 Å². The van der Waals surface area contributed by atoms with E-state index in [1.807, 2.05) is 11.5 Å². The number of thiazole rings is 1. The normalized spacial score (nSPS) is 10.7. The number of carbonyl (C=O) groups is 1. The van der Waals surface area contributed by atoms with E-state index in [1.165, 1.54) is 18.3 Å². The molecule has 0 saturated carbocycles. The molecule has 2 N–H and O–H groups in total. The van der Waals surface area contributed by atoms with Crippen LogP contribution in [0.2, 0.25) is 0 Å². The van der Waals surface area contributed by atoms with Gasteiger partial charge in [0.25, 0.3) is 0 Å². The van der Waals surface area contributed by atoms with Crippen molar-refractivity contribution in [2.45, 2.75) is 33.7 Å². The van der Waals surface area contributed by atoms with Crippen LogP contribution in [0, 0.1) is 17.8 Å². The van der Waals surface area contributed by atoms with Gasteiger partial charge in [-0.1, -0.05) is 0 Å². The van der Waals surface area contributed by atoms with Crippen LogP contribution in [-0.2, 0) is 22.5 Å². The summed E-state index contributed by atoms with van der Waals surface area (Å²) < 4.78 is 7.75. The van der Waals surface area contributed by atoms with E-state index >= 15 is 0 Å². The van der Waals surface area contributed by atoms with Crippen molar-refractivity contribution in [1.82, 2.24) is 14.5 Å². The molecule has 22 heavy (non-hydrogen) atoms. The Balaban J connectivity index is 2.19. The number of aryl methyl sites for hydroxylation is 1. The first-order chi connectivity index (χ1) is 10.4. The van der Waals surface area contributed by atoms with Gasteiger partial charge in [0, 0.05) is 35.7 Å². The summed E-state index contributed by atoms with van der Waals surface area (Å²) in [6.07, 6.45) is 2.39. The minimum absolute atomic E-state index is 0.273. The van der Waals surface area contributed by atoms with Crippen LogP contribution in [0.4, 0.5) is 5.82 Å². The van der Waals surface area contributed by atoms with Crippen LogP contribution >= 0.6 is 23.6 Å². The number of anilines is 1. The topological polar surface area (TPSA) is 83.0 Å². The van der Waals surface area contributed by atoms with Crippen molar-refractivity contribution in [3.05, 3.63) is 32.1 Å². The fourth-order valence-corrected chi connectivity index (χ4v) is 3.50. The van der Waals surface area contributed by atoms with Crippen LogP contribution in [0.1, 0.15) is 28.9 Å². The molecule has 0 spiro atoms. The summed E-state index contributed by atoms with van der Waals surface area (Å²) >= 11 is 6.95. The minimum Gasteiger partial charge on any atom is -0.465 e. The van der Waals surface area contributed by atoms with E-state index in [1.54, 1.807) is 13.1 Å². The Morgan fingerprint density at radius 3 is 2.86 bits per heavy atom. The van der Waals surface area contributed by atoms with Crippen LogP contribution in [-0.4, -0.2) is 27.1 Å². The molecule has 0 aliphatic rings. The lowest BCUT2D eigenvalue weighted by Gasteiger charge is -2.09. The molecule has 0 unspecified atom stereocenters. The first kappa shape index (κ1) is 16.6. The zero-order valence-corrected chi connectivity index (χ0v) is 14.4. The second kappa shape index (κ2) is 6.97. The number of esters is 1. The number of hydrogen-bond acceptors (Lipinski definition) is 7. The van der Waals surface area contributed by atoms with Crippen LogP contribution in [0.15, 0.2) is 6.20 Å². The van der Waals surface area contributed by atoms with Gasteiger partial charge in [0.05, 0.1) is 13.2 Å². The van der Waals surface area contributed by atoms with E-state index in [0.717, 1.165) is 20.1 Å². The molecule has 0 saturated heterocycles. The van der Waals surface area contributed by atoms with Gasteiger partial charge in [-0.15, -0.1) is 11.3 Å². The number of aromatic nitrogens is 3. The van der Waals surface area contributed by atoms with Gasteiger partial charge in [0.15, 0.2) is 3.95 Å².